The van der Waals surface area contributed by atoms with E-state index < -0.39 is 19.2 Å². The zero-order chi connectivity index (χ0) is 14.8. The van der Waals surface area contributed by atoms with Crippen LogP contribution in [0.3, 0.4) is 0 Å². The van der Waals surface area contributed by atoms with Crippen molar-refractivity contribution < 1.29 is 22.4 Å². The molecule has 1 saturated carbocycles. The van der Waals surface area contributed by atoms with E-state index in [1.165, 1.54) is 13.8 Å². The fraction of sp³-hybridized carbons (Fsp3) is 0.571. The molecule has 0 amide bonds. The van der Waals surface area contributed by atoms with Gasteiger partial charge in [0, 0.05) is 5.92 Å². The van der Waals surface area contributed by atoms with Gasteiger partial charge in [-0.2, -0.15) is 8.78 Å². The van der Waals surface area contributed by atoms with Crippen molar-refractivity contribution in [2.75, 3.05) is 13.2 Å². The minimum Gasteiger partial charge on any atom is -0.305 e. The van der Waals surface area contributed by atoms with Gasteiger partial charge in [0.25, 0.3) is 0 Å². The van der Waals surface area contributed by atoms with Crippen molar-refractivity contribution in [1.82, 2.24) is 0 Å². The van der Waals surface area contributed by atoms with Gasteiger partial charge in [0.1, 0.15) is 0 Å². The first-order chi connectivity index (χ1) is 9.46. The van der Waals surface area contributed by atoms with Crippen molar-refractivity contribution >= 4 is 7.60 Å². The molecule has 2 atom stereocenters. The van der Waals surface area contributed by atoms with Gasteiger partial charge >= 0.3 is 13.3 Å². The second kappa shape index (κ2) is 5.92. The van der Waals surface area contributed by atoms with Crippen LogP contribution in [0.2, 0.25) is 0 Å². The topological polar surface area (TPSA) is 35.5 Å². The zero-order valence-electron chi connectivity index (χ0n) is 11.6. The quantitative estimate of drug-likeness (QED) is 0.688. The second-order valence-corrected chi connectivity index (χ2v) is 6.89. The third-order valence-electron chi connectivity index (χ3n) is 3.43. The summed E-state index contributed by atoms with van der Waals surface area (Å²) in [6, 6.07) is 9.09. The maximum Gasteiger partial charge on any atom is 0.399 e. The highest BCUT2D eigenvalue weighted by Crippen LogP contribution is 2.72. The molecule has 0 saturated heterocycles. The first-order valence-corrected chi connectivity index (χ1v) is 8.32. The summed E-state index contributed by atoms with van der Waals surface area (Å²) in [6.45, 7) is 2.94. The monoisotopic (exact) mass is 304 g/mol. The highest BCUT2D eigenvalue weighted by atomic mass is 31.2. The molecule has 1 aromatic rings. The number of hydrogen-bond acceptors (Lipinski definition) is 3. The predicted octanol–water partition coefficient (Wildman–Crippen LogP) is 4.65. The van der Waals surface area contributed by atoms with Crippen molar-refractivity contribution in [2.24, 2.45) is 5.92 Å². The zero-order valence-corrected chi connectivity index (χ0v) is 12.5. The number of rotatable bonds is 7. The third-order valence-corrected chi connectivity index (χ3v) is 5.69. The molecule has 0 unspecified atom stereocenters. The molecule has 1 aliphatic carbocycles. The molecule has 1 aliphatic rings. The summed E-state index contributed by atoms with van der Waals surface area (Å²) < 4.78 is 50.8. The van der Waals surface area contributed by atoms with Crippen LogP contribution in [0, 0.1) is 5.92 Å². The molecule has 112 valence electrons. The third kappa shape index (κ3) is 2.80. The normalized spacial score (nSPS) is 22.8. The lowest BCUT2D eigenvalue weighted by Crippen LogP contribution is -2.23. The van der Waals surface area contributed by atoms with Crippen LogP contribution in [0.4, 0.5) is 8.78 Å². The lowest BCUT2D eigenvalue weighted by Gasteiger charge is -2.26. The van der Waals surface area contributed by atoms with Crippen molar-refractivity contribution in [3.8, 4) is 0 Å². The fourth-order valence-electron chi connectivity index (χ4n) is 2.40. The lowest BCUT2D eigenvalue weighted by atomic mass is 10.1. The summed E-state index contributed by atoms with van der Waals surface area (Å²) in [5.41, 5.74) is -2.60. The second-order valence-electron chi connectivity index (χ2n) is 4.78. The first-order valence-electron chi connectivity index (χ1n) is 6.78. The Kier molecular flexibility index (Phi) is 4.62. The number of hydrogen-bond donors (Lipinski definition) is 0. The molecule has 0 aromatic heterocycles. The maximum atomic E-state index is 14.5. The average molecular weight is 304 g/mol. The molecule has 0 radical (unpaired) electrons. The smallest absolute Gasteiger partial charge is 0.305 e. The molecule has 0 heterocycles. The van der Waals surface area contributed by atoms with Crippen molar-refractivity contribution in [3.63, 3.8) is 0 Å². The van der Waals surface area contributed by atoms with Gasteiger partial charge in [0.15, 0.2) is 0 Å². The Morgan fingerprint density at radius 2 is 1.75 bits per heavy atom. The van der Waals surface area contributed by atoms with Crippen LogP contribution >= 0.6 is 7.60 Å². The number of benzene rings is 1. The van der Waals surface area contributed by atoms with Crippen LogP contribution in [-0.2, 0) is 13.6 Å². The summed E-state index contributed by atoms with van der Waals surface area (Å²) in [6.07, 6.45) is 0.307. The number of alkyl halides is 2. The summed E-state index contributed by atoms with van der Waals surface area (Å²) in [5, 5.41) is 0. The minimum absolute atomic E-state index is 0.0599. The van der Waals surface area contributed by atoms with Crippen LogP contribution in [-0.4, -0.2) is 18.9 Å². The van der Waals surface area contributed by atoms with Crippen molar-refractivity contribution in [2.45, 2.75) is 31.8 Å². The summed E-state index contributed by atoms with van der Waals surface area (Å²) >= 11 is 0. The van der Waals surface area contributed by atoms with Crippen LogP contribution in [0.25, 0.3) is 0 Å². The molecule has 1 fully saturated rings. The molecule has 0 bridgehead atoms. The largest absolute Gasteiger partial charge is 0.399 e. The predicted molar refractivity (Wildman–Crippen MR) is 73.1 cm³/mol. The minimum atomic E-state index is -4.41. The van der Waals surface area contributed by atoms with Gasteiger partial charge < -0.3 is 9.05 Å². The Morgan fingerprint density at radius 3 is 2.25 bits per heavy atom. The van der Waals surface area contributed by atoms with Crippen molar-refractivity contribution in [1.29, 1.82) is 0 Å². The van der Waals surface area contributed by atoms with Crippen LogP contribution < -0.4 is 0 Å². The van der Waals surface area contributed by atoms with Gasteiger partial charge in [-0.15, -0.1) is 0 Å². The van der Waals surface area contributed by atoms with Gasteiger partial charge in [0.2, 0.25) is 0 Å². The highest BCUT2D eigenvalue weighted by molar-refractivity contribution is 7.55. The SMILES string of the molecule is CCOP(=O)(OCC)C(F)(F)[C@@H]1C[C@H]1c1ccccc1. The molecular weight excluding hydrogens is 285 g/mol. The van der Waals surface area contributed by atoms with Gasteiger partial charge in [0.05, 0.1) is 13.2 Å². The van der Waals surface area contributed by atoms with Crippen LogP contribution in [0.15, 0.2) is 30.3 Å². The van der Waals surface area contributed by atoms with Crippen LogP contribution in [0.1, 0.15) is 31.7 Å². The molecule has 0 aliphatic heterocycles. The Hall–Kier alpha value is -0.770. The van der Waals surface area contributed by atoms with Crippen LogP contribution in [0.5, 0.6) is 0 Å². The van der Waals surface area contributed by atoms with E-state index in [9.17, 15) is 13.3 Å². The fourth-order valence-corrected chi connectivity index (χ4v) is 4.19. The standard InChI is InChI=1S/C14H19F2O3P/c1-3-18-20(17,19-4-2)14(15,16)13-10-12(13)11-8-6-5-7-9-11/h5-9,12-13H,3-4,10H2,1-2H3/t12-,13+/m0/s1. The molecule has 2 rings (SSSR count). The maximum absolute atomic E-state index is 14.5. The van der Waals surface area contributed by atoms with Gasteiger partial charge in [-0.25, -0.2) is 0 Å². The Bertz CT molecular complexity index is 482. The van der Waals surface area contributed by atoms with E-state index in [2.05, 4.69) is 0 Å². The van der Waals surface area contributed by atoms with E-state index in [-0.39, 0.29) is 19.1 Å². The Morgan fingerprint density at radius 1 is 1.20 bits per heavy atom. The van der Waals surface area contributed by atoms with Gasteiger partial charge in [-0.3, -0.25) is 4.57 Å². The Labute approximate surface area is 117 Å². The van der Waals surface area contributed by atoms with Gasteiger partial charge in [-0.1, -0.05) is 30.3 Å². The first kappa shape index (κ1) is 15.6. The average Bonchev–Trinajstić information content (AvgIpc) is 3.21. The molecule has 0 N–H and O–H groups in total. The molecule has 3 nitrogen and oxygen atoms in total. The summed E-state index contributed by atoms with van der Waals surface area (Å²) in [7, 11) is -4.41. The van der Waals surface area contributed by atoms with E-state index in [4.69, 9.17) is 9.05 Å². The van der Waals surface area contributed by atoms with E-state index in [1.807, 2.05) is 30.3 Å². The molecular formula is C14H19F2O3P. The van der Waals surface area contributed by atoms with E-state index in [0.717, 1.165) is 5.56 Å². The summed E-state index contributed by atoms with van der Waals surface area (Å²) in [5.74, 6) is -1.26. The highest BCUT2D eigenvalue weighted by Gasteiger charge is 2.66. The Balaban J connectivity index is 2.17. The number of halogens is 2. The molecule has 6 heteroatoms. The van der Waals surface area contributed by atoms with Crippen molar-refractivity contribution in [3.05, 3.63) is 35.9 Å². The van der Waals surface area contributed by atoms with E-state index in [1.54, 1.807) is 0 Å². The van der Waals surface area contributed by atoms with Gasteiger partial charge in [-0.05, 0) is 31.7 Å². The molecule has 1 aromatic carbocycles. The van der Waals surface area contributed by atoms with E-state index in [0.29, 0.717) is 6.42 Å². The van der Waals surface area contributed by atoms with E-state index >= 15 is 0 Å². The lowest BCUT2D eigenvalue weighted by molar-refractivity contribution is 0.0181. The summed E-state index contributed by atoms with van der Waals surface area (Å²) in [4.78, 5) is 0. The molecule has 0 spiro atoms. The molecule has 20 heavy (non-hydrogen) atoms.